The fraction of sp³-hybridized carbons (Fsp3) is 0.444. The van der Waals surface area contributed by atoms with Gasteiger partial charge in [0.2, 0.25) is 17.5 Å². The summed E-state index contributed by atoms with van der Waals surface area (Å²) >= 11 is 0. The van der Waals surface area contributed by atoms with Crippen LogP contribution in [-0.4, -0.2) is 119 Å². The highest BCUT2D eigenvalue weighted by molar-refractivity contribution is 5.88. The lowest BCUT2D eigenvalue weighted by Crippen LogP contribution is -2.58. The summed E-state index contributed by atoms with van der Waals surface area (Å²) in [6.07, 6.45) is -15.3. The zero-order chi connectivity index (χ0) is 31.3. The zero-order valence-electron chi connectivity index (χ0n) is 22.3. The molecule has 3 heterocycles. The van der Waals surface area contributed by atoms with Crippen molar-refractivity contribution in [3.8, 4) is 40.1 Å². The Hall–Kier alpha value is -3.71. The van der Waals surface area contributed by atoms with Crippen LogP contribution >= 0.6 is 0 Å². The molecule has 9 atom stereocenters. The van der Waals surface area contributed by atoms with Gasteiger partial charge in [-0.3, -0.25) is 4.79 Å². The van der Waals surface area contributed by atoms with Crippen molar-refractivity contribution < 1.29 is 74.4 Å². The smallest absolute Gasteiger partial charge is 0.238 e. The average Bonchev–Trinajstić information content (AvgIpc) is 2.95. The second-order valence-corrected chi connectivity index (χ2v) is 10.3. The molecule has 43 heavy (non-hydrogen) atoms. The molecule has 2 fully saturated rings. The Morgan fingerprint density at radius 2 is 1.58 bits per heavy atom. The van der Waals surface area contributed by atoms with E-state index in [4.69, 9.17) is 23.4 Å². The standard InChI is InChI=1S/C27H30O16/c1-8-17(30)20(33)23(36)27(40-8)43-13-4-9(2-3-11(13)28)24-22(35)19(32)16-12(29)5-10(6-14(16)42-24)41-15-7-39-25(26(37)38)21(34)18(15)31/h2-6,8,15,17-18,20-21,23,25-31,33-38H,7H2,1H3/t8-,15+,17-,18+,20+,21+,23-,25+,27+/m1/s1. The van der Waals surface area contributed by atoms with Crippen LogP contribution in [0.4, 0.5) is 0 Å². The molecule has 1 aromatic heterocycles. The first kappa shape index (κ1) is 30.7. The van der Waals surface area contributed by atoms with E-state index in [0.29, 0.717) is 0 Å². The van der Waals surface area contributed by atoms with Crippen molar-refractivity contribution in [2.24, 2.45) is 0 Å². The van der Waals surface area contributed by atoms with Gasteiger partial charge in [0.15, 0.2) is 29.7 Å². The van der Waals surface area contributed by atoms with Crippen LogP contribution in [0.15, 0.2) is 39.5 Å². The molecule has 0 aliphatic carbocycles. The molecule has 0 amide bonds. The van der Waals surface area contributed by atoms with Gasteiger partial charge in [0.25, 0.3) is 0 Å². The Balaban J connectivity index is 1.47. The Morgan fingerprint density at radius 1 is 0.860 bits per heavy atom. The Kier molecular flexibility index (Phi) is 8.41. The maximum absolute atomic E-state index is 13.0. The Bertz CT molecular complexity index is 1540. The van der Waals surface area contributed by atoms with Gasteiger partial charge in [-0.15, -0.1) is 0 Å². The SMILES string of the molecule is C[C@H]1O[C@@H](Oc2cc(-c3oc4cc(O[C@H]5CO[C@H](C(O)O)[C@@H](O)[C@H]5O)cc(O)c4c(=O)c3O)ccc2O)[C@H](O)[C@@H](O)[C@@H]1O. The second-order valence-electron chi connectivity index (χ2n) is 10.3. The van der Waals surface area contributed by atoms with Crippen LogP contribution in [0.2, 0.25) is 0 Å². The first-order valence-corrected chi connectivity index (χ1v) is 13.0. The number of phenolic OH excluding ortho intramolecular Hbond substituents is 2. The molecule has 0 bridgehead atoms. The van der Waals surface area contributed by atoms with Crippen LogP contribution in [-0.2, 0) is 9.47 Å². The Labute approximate surface area is 241 Å². The van der Waals surface area contributed by atoms with E-state index in [1.54, 1.807) is 0 Å². The van der Waals surface area contributed by atoms with Gasteiger partial charge in [-0.05, 0) is 25.1 Å². The molecular formula is C27H30O16. The van der Waals surface area contributed by atoms with E-state index in [-0.39, 0.29) is 29.3 Å². The number of fused-ring (bicyclic) bond motifs is 1. The van der Waals surface area contributed by atoms with Crippen molar-refractivity contribution in [1.29, 1.82) is 0 Å². The van der Waals surface area contributed by atoms with Crippen molar-refractivity contribution >= 4 is 11.0 Å². The van der Waals surface area contributed by atoms with E-state index < -0.39 is 95.2 Å². The van der Waals surface area contributed by atoms with E-state index in [0.717, 1.165) is 24.3 Å². The van der Waals surface area contributed by atoms with Crippen LogP contribution in [0.5, 0.6) is 28.7 Å². The third-order valence-corrected chi connectivity index (χ3v) is 7.30. The van der Waals surface area contributed by atoms with Gasteiger partial charge in [0.05, 0.1) is 12.7 Å². The minimum absolute atomic E-state index is 0.0122. The molecule has 0 unspecified atom stereocenters. The quantitative estimate of drug-likeness (QED) is 0.135. The fourth-order valence-electron chi connectivity index (χ4n) is 4.87. The number of hydrogen-bond acceptors (Lipinski definition) is 16. The molecule has 2 aromatic carbocycles. The molecule has 0 saturated carbocycles. The van der Waals surface area contributed by atoms with E-state index in [9.17, 15) is 55.9 Å². The average molecular weight is 611 g/mol. The van der Waals surface area contributed by atoms with Gasteiger partial charge in [-0.2, -0.15) is 0 Å². The number of hydrogen-bond donors (Lipinski definition) is 10. The van der Waals surface area contributed by atoms with Gasteiger partial charge in [0, 0.05) is 17.7 Å². The minimum atomic E-state index is -2.06. The van der Waals surface area contributed by atoms with Gasteiger partial charge in [0.1, 0.15) is 59.1 Å². The highest BCUT2D eigenvalue weighted by atomic mass is 16.7. The molecule has 2 aliphatic rings. The van der Waals surface area contributed by atoms with Crippen molar-refractivity contribution in [3.63, 3.8) is 0 Å². The van der Waals surface area contributed by atoms with E-state index in [1.165, 1.54) is 13.0 Å². The molecule has 10 N–H and O–H groups in total. The van der Waals surface area contributed by atoms with Crippen LogP contribution in [0, 0.1) is 0 Å². The van der Waals surface area contributed by atoms with Crippen molar-refractivity contribution in [1.82, 2.24) is 0 Å². The topological polar surface area (TPSA) is 269 Å². The molecule has 5 rings (SSSR count). The molecule has 2 aliphatic heterocycles. The molecule has 16 heteroatoms. The third kappa shape index (κ3) is 5.67. The molecular weight excluding hydrogens is 580 g/mol. The number of ether oxygens (including phenoxy) is 4. The van der Waals surface area contributed by atoms with E-state index in [2.05, 4.69) is 0 Å². The number of aliphatic hydroxyl groups is 7. The van der Waals surface area contributed by atoms with Gasteiger partial charge >= 0.3 is 0 Å². The largest absolute Gasteiger partial charge is 0.507 e. The summed E-state index contributed by atoms with van der Waals surface area (Å²) in [6.45, 7) is 1.05. The number of aromatic hydroxyl groups is 3. The molecule has 2 saturated heterocycles. The number of rotatable bonds is 6. The first-order chi connectivity index (χ1) is 20.3. The number of benzene rings is 2. The summed E-state index contributed by atoms with van der Waals surface area (Å²) in [4.78, 5) is 13.0. The molecule has 0 radical (unpaired) electrons. The van der Waals surface area contributed by atoms with E-state index >= 15 is 0 Å². The summed E-state index contributed by atoms with van der Waals surface area (Å²) < 4.78 is 27.4. The lowest BCUT2D eigenvalue weighted by molar-refractivity contribution is -0.268. The lowest BCUT2D eigenvalue weighted by Gasteiger charge is -2.38. The molecule has 234 valence electrons. The van der Waals surface area contributed by atoms with Gasteiger partial charge in [-0.1, -0.05) is 0 Å². The summed E-state index contributed by atoms with van der Waals surface area (Å²) in [6, 6.07) is 5.68. The molecule has 3 aromatic rings. The van der Waals surface area contributed by atoms with Crippen LogP contribution < -0.4 is 14.9 Å². The summed E-state index contributed by atoms with van der Waals surface area (Å²) in [5.41, 5.74) is -1.33. The highest BCUT2D eigenvalue weighted by Gasteiger charge is 2.44. The number of phenols is 2. The normalized spacial score (nSPS) is 31.3. The summed E-state index contributed by atoms with van der Waals surface area (Å²) in [5.74, 6) is -2.91. The van der Waals surface area contributed by atoms with Crippen molar-refractivity contribution in [3.05, 3.63) is 40.6 Å². The molecule has 0 spiro atoms. The maximum atomic E-state index is 13.0. The van der Waals surface area contributed by atoms with Crippen molar-refractivity contribution in [2.45, 2.75) is 68.3 Å². The maximum Gasteiger partial charge on any atom is 0.238 e. The zero-order valence-corrected chi connectivity index (χ0v) is 22.3. The van der Waals surface area contributed by atoms with Crippen LogP contribution in [0.3, 0.4) is 0 Å². The second kappa shape index (κ2) is 11.8. The van der Waals surface area contributed by atoms with Crippen LogP contribution in [0.1, 0.15) is 6.92 Å². The predicted octanol–water partition coefficient (Wildman–Crippen LogP) is -2.04. The summed E-state index contributed by atoms with van der Waals surface area (Å²) in [5, 5.41) is 100. The number of aliphatic hydroxyl groups excluding tert-OH is 6. The van der Waals surface area contributed by atoms with E-state index in [1.807, 2.05) is 0 Å². The van der Waals surface area contributed by atoms with Gasteiger partial charge in [-0.25, -0.2) is 0 Å². The molecule has 16 nitrogen and oxygen atoms in total. The van der Waals surface area contributed by atoms with Crippen LogP contribution in [0.25, 0.3) is 22.3 Å². The lowest BCUT2D eigenvalue weighted by atomic mass is 9.99. The third-order valence-electron chi connectivity index (χ3n) is 7.30. The summed E-state index contributed by atoms with van der Waals surface area (Å²) in [7, 11) is 0. The fourth-order valence-corrected chi connectivity index (χ4v) is 4.87. The monoisotopic (exact) mass is 610 g/mol. The highest BCUT2D eigenvalue weighted by Crippen LogP contribution is 2.39. The van der Waals surface area contributed by atoms with Gasteiger partial charge < -0.3 is 74.4 Å². The van der Waals surface area contributed by atoms with Crippen molar-refractivity contribution in [2.75, 3.05) is 6.61 Å². The first-order valence-electron chi connectivity index (χ1n) is 13.0. The minimum Gasteiger partial charge on any atom is -0.507 e. The predicted molar refractivity (Wildman–Crippen MR) is 140 cm³/mol. The Morgan fingerprint density at radius 3 is 2.28 bits per heavy atom.